The van der Waals surface area contributed by atoms with E-state index in [2.05, 4.69) is 12.2 Å². The van der Waals surface area contributed by atoms with Crippen LogP contribution < -0.4 is 5.32 Å². The van der Waals surface area contributed by atoms with E-state index in [0.29, 0.717) is 12.8 Å². The molecule has 0 spiro atoms. The maximum atomic E-state index is 13.1. The second-order valence-electron chi connectivity index (χ2n) is 13.1. The summed E-state index contributed by atoms with van der Waals surface area (Å²) in [6.45, 7) is 1.25. The molecule has 1 amide bonds. The van der Waals surface area contributed by atoms with Gasteiger partial charge in [0.2, 0.25) is 5.91 Å². The first kappa shape index (κ1) is 41.5. The minimum atomic E-state index is -1.63. The number of aliphatic hydroxyl groups is 6. The van der Waals surface area contributed by atoms with Gasteiger partial charge in [-0.1, -0.05) is 103 Å². The average molecular weight is 672 g/mol. The molecule has 2 rings (SSSR count). The fraction of sp³-hybridized carbons (Fsp3) is 0.806. The number of benzene rings is 1. The quantitative estimate of drug-likeness (QED) is 0.0719. The number of rotatable bonds is 26. The lowest BCUT2D eigenvalue weighted by atomic mass is 9.98. The van der Waals surface area contributed by atoms with E-state index >= 15 is 0 Å². The van der Waals surface area contributed by atoms with Crippen molar-refractivity contribution in [3.05, 3.63) is 35.6 Å². The predicted molar refractivity (Wildman–Crippen MR) is 178 cm³/mol. The number of halogens is 1. The van der Waals surface area contributed by atoms with Crippen molar-refractivity contribution in [3.8, 4) is 0 Å². The fourth-order valence-electron chi connectivity index (χ4n) is 5.98. The van der Waals surface area contributed by atoms with Crippen LogP contribution in [0.4, 0.5) is 4.39 Å². The minimum absolute atomic E-state index is 0.182. The number of hydrogen-bond acceptors (Lipinski definition) is 9. The topological polar surface area (TPSA) is 169 Å². The van der Waals surface area contributed by atoms with Crippen LogP contribution in [-0.2, 0) is 20.7 Å². The zero-order valence-corrected chi connectivity index (χ0v) is 28.4. The van der Waals surface area contributed by atoms with Crippen LogP contribution in [-0.4, -0.2) is 98.7 Å². The van der Waals surface area contributed by atoms with Gasteiger partial charge in [0.05, 0.1) is 25.4 Å². The van der Waals surface area contributed by atoms with Crippen LogP contribution in [0.3, 0.4) is 0 Å². The van der Waals surface area contributed by atoms with E-state index in [9.17, 15) is 39.8 Å². The van der Waals surface area contributed by atoms with E-state index in [1.165, 1.54) is 63.5 Å². The molecule has 1 heterocycles. The molecule has 5 unspecified atom stereocenters. The van der Waals surface area contributed by atoms with Crippen LogP contribution in [0, 0.1) is 5.82 Å². The molecule has 0 aromatic heterocycles. The van der Waals surface area contributed by atoms with Gasteiger partial charge in [0, 0.05) is 6.42 Å². The lowest BCUT2D eigenvalue weighted by Gasteiger charge is -2.40. The fourth-order valence-corrected chi connectivity index (χ4v) is 5.98. The highest BCUT2D eigenvalue weighted by Gasteiger charge is 2.44. The van der Waals surface area contributed by atoms with Gasteiger partial charge >= 0.3 is 0 Å². The summed E-state index contributed by atoms with van der Waals surface area (Å²) < 4.78 is 24.1. The summed E-state index contributed by atoms with van der Waals surface area (Å²) in [5.41, 5.74) is 1.02. The number of carbonyl (C=O) groups is 1. The summed E-state index contributed by atoms with van der Waals surface area (Å²) in [5, 5.41) is 64.6. The molecule has 1 aromatic carbocycles. The molecule has 8 atom stereocenters. The van der Waals surface area contributed by atoms with Crippen molar-refractivity contribution >= 4 is 5.91 Å². The lowest BCUT2D eigenvalue weighted by molar-refractivity contribution is -0.303. The van der Waals surface area contributed by atoms with Gasteiger partial charge in [-0.2, -0.15) is 0 Å². The van der Waals surface area contributed by atoms with Gasteiger partial charge in [0.15, 0.2) is 6.29 Å². The van der Waals surface area contributed by atoms with Crippen LogP contribution in [0.1, 0.15) is 122 Å². The summed E-state index contributed by atoms with van der Waals surface area (Å²) in [4.78, 5) is 12.8. The van der Waals surface area contributed by atoms with E-state index in [-0.39, 0.29) is 24.8 Å². The maximum Gasteiger partial charge on any atom is 0.220 e. The Labute approximate surface area is 280 Å². The summed E-state index contributed by atoms with van der Waals surface area (Å²) >= 11 is 0. The monoisotopic (exact) mass is 671 g/mol. The van der Waals surface area contributed by atoms with Gasteiger partial charge in [-0.3, -0.25) is 4.79 Å². The Morgan fingerprint density at radius 3 is 2.00 bits per heavy atom. The third kappa shape index (κ3) is 16.5. The Hall–Kier alpha value is -1.70. The molecular weight excluding hydrogens is 609 g/mol. The van der Waals surface area contributed by atoms with Crippen molar-refractivity contribution in [2.75, 3.05) is 13.2 Å². The standard InChI is InChI=1S/C36H62FNO9/c1-2-3-4-5-6-7-8-9-10-11-12-15-18-29(40)32(42)28(25-46-36-35(45)34(44)33(43)30(24-39)47-36)38-31(41)19-16-13-14-17-26-20-22-27(37)23-21-26/h20-23,28-30,32-36,39-40,42-45H,2-19,24-25H2,1H3,(H,38,41)/t28-,29+,30?,32-,33?,34?,35?,36?/m0/s1. The highest BCUT2D eigenvalue weighted by atomic mass is 19.1. The minimum Gasteiger partial charge on any atom is -0.394 e. The zero-order valence-electron chi connectivity index (χ0n) is 28.4. The molecule has 1 fully saturated rings. The Morgan fingerprint density at radius 2 is 1.40 bits per heavy atom. The van der Waals surface area contributed by atoms with Crippen LogP contribution in [0.25, 0.3) is 0 Å². The maximum absolute atomic E-state index is 13.1. The third-order valence-corrected chi connectivity index (χ3v) is 9.08. The predicted octanol–water partition coefficient (Wildman–Crippen LogP) is 4.04. The van der Waals surface area contributed by atoms with E-state index in [4.69, 9.17) is 9.47 Å². The molecule has 272 valence electrons. The first-order valence-electron chi connectivity index (χ1n) is 18.0. The molecule has 1 saturated heterocycles. The molecule has 1 aromatic rings. The van der Waals surface area contributed by atoms with E-state index < -0.39 is 55.6 Å². The van der Waals surface area contributed by atoms with E-state index in [1.807, 2.05) is 0 Å². The first-order chi connectivity index (χ1) is 22.7. The third-order valence-electron chi connectivity index (χ3n) is 9.08. The smallest absolute Gasteiger partial charge is 0.220 e. The number of carbonyl (C=O) groups excluding carboxylic acids is 1. The van der Waals surface area contributed by atoms with Crippen molar-refractivity contribution in [2.24, 2.45) is 0 Å². The second-order valence-corrected chi connectivity index (χ2v) is 13.1. The second kappa shape index (κ2) is 24.4. The van der Waals surface area contributed by atoms with Gasteiger partial charge in [0.25, 0.3) is 0 Å². The molecule has 1 aliphatic rings. The molecule has 10 nitrogen and oxygen atoms in total. The van der Waals surface area contributed by atoms with Gasteiger partial charge in [-0.05, 0) is 43.4 Å². The number of nitrogens with one attached hydrogen (secondary N) is 1. The Balaban J connectivity index is 1.80. The van der Waals surface area contributed by atoms with E-state index in [0.717, 1.165) is 50.5 Å². The van der Waals surface area contributed by atoms with Gasteiger partial charge in [-0.25, -0.2) is 4.39 Å². The van der Waals surface area contributed by atoms with Crippen LogP contribution in [0.2, 0.25) is 0 Å². The normalized spacial score (nSPS) is 23.4. The number of aryl methyl sites for hydroxylation is 1. The molecule has 0 aliphatic carbocycles. The van der Waals surface area contributed by atoms with Crippen molar-refractivity contribution in [1.82, 2.24) is 5.32 Å². The molecular formula is C36H62FNO9. The van der Waals surface area contributed by atoms with Crippen molar-refractivity contribution in [2.45, 2.75) is 171 Å². The number of unbranched alkanes of at least 4 members (excludes halogenated alkanes) is 13. The summed E-state index contributed by atoms with van der Waals surface area (Å²) in [6, 6.07) is 5.29. The number of ether oxygens (including phenoxy) is 2. The molecule has 0 radical (unpaired) electrons. The summed E-state index contributed by atoms with van der Waals surface area (Å²) in [6.07, 6.45) is 7.68. The highest BCUT2D eigenvalue weighted by molar-refractivity contribution is 5.76. The molecule has 0 bridgehead atoms. The number of hydrogen-bond donors (Lipinski definition) is 7. The first-order valence-corrected chi connectivity index (χ1v) is 18.0. The van der Waals surface area contributed by atoms with Crippen LogP contribution >= 0.6 is 0 Å². The number of aliphatic hydroxyl groups excluding tert-OH is 6. The van der Waals surface area contributed by atoms with Crippen molar-refractivity contribution in [1.29, 1.82) is 0 Å². The summed E-state index contributed by atoms with van der Waals surface area (Å²) in [7, 11) is 0. The van der Waals surface area contributed by atoms with Crippen LogP contribution in [0.15, 0.2) is 24.3 Å². The molecule has 7 N–H and O–H groups in total. The SMILES string of the molecule is CCCCCCCCCCCCCC[C@@H](O)[C@@H](O)[C@H](COC1OC(CO)C(O)C(O)C1O)NC(=O)CCCCCc1ccc(F)cc1. The van der Waals surface area contributed by atoms with Crippen molar-refractivity contribution < 1.29 is 49.3 Å². The summed E-state index contributed by atoms with van der Waals surface area (Å²) in [5.74, 6) is -0.623. The van der Waals surface area contributed by atoms with E-state index in [1.54, 1.807) is 12.1 Å². The lowest BCUT2D eigenvalue weighted by Crippen LogP contribution is -2.60. The zero-order chi connectivity index (χ0) is 34.4. The van der Waals surface area contributed by atoms with Gasteiger partial charge < -0.3 is 45.4 Å². The van der Waals surface area contributed by atoms with Crippen LogP contribution in [0.5, 0.6) is 0 Å². The largest absolute Gasteiger partial charge is 0.394 e. The molecule has 11 heteroatoms. The molecule has 0 saturated carbocycles. The average Bonchev–Trinajstić information content (AvgIpc) is 3.07. The Bertz CT molecular complexity index is 938. The van der Waals surface area contributed by atoms with Gasteiger partial charge in [0.1, 0.15) is 36.3 Å². The number of amides is 1. The molecule has 47 heavy (non-hydrogen) atoms. The Morgan fingerprint density at radius 1 is 0.830 bits per heavy atom. The van der Waals surface area contributed by atoms with Crippen molar-refractivity contribution in [3.63, 3.8) is 0 Å². The van der Waals surface area contributed by atoms with Gasteiger partial charge in [-0.15, -0.1) is 0 Å². The molecule has 1 aliphatic heterocycles. The highest BCUT2D eigenvalue weighted by Crippen LogP contribution is 2.23. The Kier molecular flexibility index (Phi) is 21.6.